The van der Waals surface area contributed by atoms with Crippen LogP contribution in [0.4, 0.5) is 10.5 Å². The maximum atomic E-state index is 13.2. The highest BCUT2D eigenvalue weighted by atomic mass is 16.7. The van der Waals surface area contributed by atoms with Crippen molar-refractivity contribution in [2.24, 2.45) is 0 Å². The zero-order valence-electron chi connectivity index (χ0n) is 28.2. The number of carbonyl (C=O) groups excluding carboxylic acids is 2. The first kappa shape index (κ1) is 33.7. The minimum absolute atomic E-state index is 0.00771. The van der Waals surface area contributed by atoms with E-state index in [4.69, 9.17) is 9.47 Å². The van der Waals surface area contributed by atoms with Crippen LogP contribution in [0.1, 0.15) is 59.5 Å². The topological polar surface area (TPSA) is 115 Å². The number of ether oxygens (including phenoxy) is 2. The average molecular weight is 676 g/mol. The largest absolute Gasteiger partial charge is 0.392 e. The number of aliphatic hydroxyl groups is 1. The Kier molecular flexibility index (Phi) is 10.4. The molecule has 10 nitrogen and oxygen atoms in total. The van der Waals surface area contributed by atoms with Crippen molar-refractivity contribution in [2.75, 3.05) is 31.2 Å². The van der Waals surface area contributed by atoms with Gasteiger partial charge in [0, 0.05) is 50.4 Å². The van der Waals surface area contributed by atoms with E-state index in [2.05, 4.69) is 37.9 Å². The number of carbonyl (C=O) groups is 2. The molecule has 0 aliphatic carbocycles. The van der Waals surface area contributed by atoms with Gasteiger partial charge in [-0.15, -0.1) is 0 Å². The number of hydrogen-bond acceptors (Lipinski definition) is 7. The maximum absolute atomic E-state index is 13.2. The van der Waals surface area contributed by atoms with Crippen LogP contribution in [0.3, 0.4) is 0 Å². The Morgan fingerprint density at radius 2 is 1.38 bits per heavy atom. The zero-order valence-corrected chi connectivity index (χ0v) is 28.2. The van der Waals surface area contributed by atoms with Crippen LogP contribution in [-0.4, -0.2) is 59.9 Å². The summed E-state index contributed by atoms with van der Waals surface area (Å²) in [6.45, 7) is 3.69. The molecule has 0 radical (unpaired) electrons. The van der Waals surface area contributed by atoms with Crippen molar-refractivity contribution >= 4 is 17.6 Å². The highest BCUT2D eigenvalue weighted by Gasteiger charge is 2.50. The molecular weight excluding hydrogens is 630 g/mol. The summed E-state index contributed by atoms with van der Waals surface area (Å²) in [7, 11) is 0. The molecule has 3 aliphatic heterocycles. The van der Waals surface area contributed by atoms with Crippen molar-refractivity contribution in [3.63, 3.8) is 0 Å². The second kappa shape index (κ2) is 15.4. The Morgan fingerprint density at radius 3 is 2.04 bits per heavy atom. The first-order chi connectivity index (χ1) is 24.5. The standard InChI is InChI=1S/C40H45N5O5/c46-27-31-13-15-32(16-14-31)36-23-35(26-44-21-19-40(20-22-44)38(47)43-28-45(40)34-9-5-2-6-10-34)49-37(50-36)33-17-11-30(12-18-33)25-42-39(48)41-24-29-7-3-1-4-8-29/h1-18,35-37,46H,19-28H2,(H,43,47)(H2,41,42,48)/t35-,36+,37+/m0/s1. The molecule has 3 amide bonds. The Balaban J connectivity index is 0.994. The molecule has 3 saturated heterocycles. The molecule has 3 aliphatic rings. The summed E-state index contributed by atoms with van der Waals surface area (Å²) in [5, 5.41) is 18.5. The summed E-state index contributed by atoms with van der Waals surface area (Å²) in [6, 6.07) is 35.7. The van der Waals surface area contributed by atoms with E-state index in [0.29, 0.717) is 26.2 Å². The Bertz CT molecular complexity index is 1710. The second-order valence-corrected chi connectivity index (χ2v) is 13.4. The van der Waals surface area contributed by atoms with Gasteiger partial charge in [-0.25, -0.2) is 4.79 Å². The number of amides is 3. The number of nitrogens with one attached hydrogen (secondary N) is 3. The lowest BCUT2D eigenvalue weighted by molar-refractivity contribution is -0.253. The van der Waals surface area contributed by atoms with Gasteiger partial charge in [-0.05, 0) is 47.2 Å². The fraction of sp³-hybridized carbons (Fsp3) is 0.350. The molecule has 0 saturated carbocycles. The fourth-order valence-electron chi connectivity index (χ4n) is 7.27. The first-order valence-corrected chi connectivity index (χ1v) is 17.5. The third-order valence-electron chi connectivity index (χ3n) is 10.2. The van der Waals surface area contributed by atoms with E-state index >= 15 is 0 Å². The Morgan fingerprint density at radius 1 is 0.780 bits per heavy atom. The van der Waals surface area contributed by atoms with E-state index in [9.17, 15) is 14.7 Å². The predicted molar refractivity (Wildman–Crippen MR) is 191 cm³/mol. The summed E-state index contributed by atoms with van der Waals surface area (Å²) in [4.78, 5) is 30.2. The molecule has 0 unspecified atom stereocenters. The van der Waals surface area contributed by atoms with E-state index < -0.39 is 11.8 Å². The normalized spacial score (nSPS) is 21.9. The van der Waals surface area contributed by atoms with Crippen LogP contribution in [0.25, 0.3) is 0 Å². The molecule has 0 bridgehead atoms. The second-order valence-electron chi connectivity index (χ2n) is 13.4. The van der Waals surface area contributed by atoms with Crippen molar-refractivity contribution in [2.45, 2.75) is 63.0 Å². The first-order valence-electron chi connectivity index (χ1n) is 17.5. The van der Waals surface area contributed by atoms with Crippen molar-refractivity contribution in [1.29, 1.82) is 0 Å². The molecule has 3 heterocycles. The van der Waals surface area contributed by atoms with E-state index in [1.54, 1.807) is 0 Å². The number of piperidine rings is 1. The van der Waals surface area contributed by atoms with Gasteiger partial charge in [0.15, 0.2) is 6.29 Å². The minimum Gasteiger partial charge on any atom is -0.392 e. The van der Waals surface area contributed by atoms with Crippen LogP contribution in [-0.2, 0) is 34.0 Å². The van der Waals surface area contributed by atoms with Crippen molar-refractivity contribution in [3.05, 3.63) is 137 Å². The number of urea groups is 1. The third-order valence-corrected chi connectivity index (χ3v) is 10.2. The molecule has 50 heavy (non-hydrogen) atoms. The molecule has 1 spiro atoms. The number of nitrogens with zero attached hydrogens (tertiary/aromatic N) is 2. The highest BCUT2D eigenvalue weighted by Crippen LogP contribution is 2.40. The summed E-state index contributed by atoms with van der Waals surface area (Å²) in [6.07, 6.45) is 1.32. The smallest absolute Gasteiger partial charge is 0.315 e. The van der Waals surface area contributed by atoms with Gasteiger partial charge in [-0.3, -0.25) is 4.79 Å². The van der Waals surface area contributed by atoms with Gasteiger partial charge in [0.25, 0.3) is 0 Å². The molecule has 4 aromatic carbocycles. The summed E-state index contributed by atoms with van der Waals surface area (Å²) in [5.74, 6) is 0.112. The van der Waals surface area contributed by atoms with Gasteiger partial charge in [-0.2, -0.15) is 0 Å². The molecule has 3 atom stereocenters. The van der Waals surface area contributed by atoms with Gasteiger partial charge in [-0.1, -0.05) is 97.1 Å². The number of aliphatic hydroxyl groups excluding tert-OH is 1. The minimum atomic E-state index is -0.572. The lowest BCUT2D eigenvalue weighted by Gasteiger charge is -2.45. The van der Waals surface area contributed by atoms with Crippen molar-refractivity contribution < 1.29 is 24.2 Å². The molecule has 7 rings (SSSR count). The lowest BCUT2D eigenvalue weighted by Crippen LogP contribution is -2.57. The molecule has 260 valence electrons. The lowest BCUT2D eigenvalue weighted by atomic mass is 9.85. The van der Waals surface area contributed by atoms with Gasteiger partial charge < -0.3 is 40.3 Å². The van der Waals surface area contributed by atoms with Crippen molar-refractivity contribution in [1.82, 2.24) is 20.9 Å². The molecular formula is C40H45N5O5. The number of benzene rings is 4. The molecule has 3 fully saturated rings. The number of rotatable bonds is 10. The molecule has 4 aromatic rings. The molecule has 10 heteroatoms. The highest BCUT2D eigenvalue weighted by molar-refractivity contribution is 5.93. The quantitative estimate of drug-likeness (QED) is 0.184. The molecule has 0 aromatic heterocycles. The summed E-state index contributed by atoms with van der Waals surface area (Å²) >= 11 is 0. The fourth-order valence-corrected chi connectivity index (χ4v) is 7.27. The van der Waals surface area contributed by atoms with Crippen LogP contribution in [0.15, 0.2) is 109 Å². The number of para-hydroxylation sites is 1. The van der Waals surface area contributed by atoms with E-state index in [1.165, 1.54) is 0 Å². The van der Waals surface area contributed by atoms with E-state index in [0.717, 1.165) is 66.0 Å². The van der Waals surface area contributed by atoms with Gasteiger partial charge in [0.2, 0.25) is 5.91 Å². The van der Waals surface area contributed by atoms with Crippen LogP contribution < -0.4 is 20.9 Å². The van der Waals surface area contributed by atoms with E-state index in [1.807, 2.05) is 97.1 Å². The average Bonchev–Trinajstić information content (AvgIpc) is 3.49. The summed E-state index contributed by atoms with van der Waals surface area (Å²) < 4.78 is 13.2. The van der Waals surface area contributed by atoms with Gasteiger partial charge in [0.05, 0.1) is 25.5 Å². The molecule has 4 N–H and O–H groups in total. The van der Waals surface area contributed by atoms with Crippen LogP contribution in [0.5, 0.6) is 0 Å². The maximum Gasteiger partial charge on any atom is 0.315 e. The SMILES string of the molecule is O=C(NCc1ccccc1)NCc1ccc([C@@H]2O[C@H](CN3CCC4(CC3)C(=O)NCN4c3ccccc3)C[C@H](c3ccc(CO)cc3)O2)cc1. The Labute approximate surface area is 293 Å². The van der Waals surface area contributed by atoms with E-state index in [-0.39, 0.29) is 30.8 Å². The van der Waals surface area contributed by atoms with Gasteiger partial charge >= 0.3 is 6.03 Å². The van der Waals surface area contributed by atoms with Crippen LogP contribution >= 0.6 is 0 Å². The number of hydrogen-bond donors (Lipinski definition) is 4. The zero-order chi connectivity index (χ0) is 34.3. The van der Waals surface area contributed by atoms with Crippen LogP contribution in [0, 0.1) is 0 Å². The number of likely N-dealkylation sites (tertiary alicyclic amines) is 1. The predicted octanol–water partition coefficient (Wildman–Crippen LogP) is 5.15. The third kappa shape index (κ3) is 7.69. The monoisotopic (exact) mass is 675 g/mol. The number of anilines is 1. The van der Waals surface area contributed by atoms with Crippen molar-refractivity contribution in [3.8, 4) is 0 Å². The Hall–Kier alpha value is -4.74. The summed E-state index contributed by atoms with van der Waals surface area (Å²) in [5.41, 5.74) is 5.35. The van der Waals surface area contributed by atoms with Crippen LogP contribution in [0.2, 0.25) is 0 Å². The van der Waals surface area contributed by atoms with Gasteiger partial charge in [0.1, 0.15) is 5.54 Å².